The van der Waals surface area contributed by atoms with Crippen LogP contribution in [0.3, 0.4) is 0 Å². The van der Waals surface area contributed by atoms with Crippen molar-refractivity contribution in [3.05, 3.63) is 57.0 Å². The van der Waals surface area contributed by atoms with Gasteiger partial charge in [-0.3, -0.25) is 19.9 Å². The summed E-state index contributed by atoms with van der Waals surface area (Å²) in [7, 11) is 0. The van der Waals surface area contributed by atoms with Crippen molar-refractivity contribution < 1.29 is 18.0 Å². The van der Waals surface area contributed by atoms with Gasteiger partial charge in [-0.1, -0.05) is 12.1 Å². The van der Waals surface area contributed by atoms with Crippen molar-refractivity contribution in [3.8, 4) is 0 Å². The standard InChI is InChI=1S/C16H14F3N3O2/c17-16(18,19)11-7-3-1-5-9(11)13(23)21-15-20-12-8-4-2-6-10(12)14(24)22-15/h1,3,5,7H,2,4,6,8H2,(H2,20,21,22,23,24). The number of amides is 1. The number of halogens is 3. The molecule has 0 saturated heterocycles. The molecule has 126 valence electrons. The van der Waals surface area contributed by atoms with E-state index in [9.17, 15) is 22.8 Å². The Morgan fingerprint density at radius 1 is 1.17 bits per heavy atom. The van der Waals surface area contributed by atoms with Crippen LogP contribution in [-0.4, -0.2) is 15.9 Å². The van der Waals surface area contributed by atoms with Crippen molar-refractivity contribution >= 4 is 11.9 Å². The Balaban J connectivity index is 1.92. The third-order valence-electron chi connectivity index (χ3n) is 3.90. The van der Waals surface area contributed by atoms with Gasteiger partial charge in [-0.15, -0.1) is 0 Å². The largest absolute Gasteiger partial charge is 0.417 e. The average Bonchev–Trinajstić information content (AvgIpc) is 2.54. The van der Waals surface area contributed by atoms with Crippen LogP contribution in [0.4, 0.5) is 19.1 Å². The van der Waals surface area contributed by atoms with Gasteiger partial charge in [0, 0.05) is 5.56 Å². The van der Waals surface area contributed by atoms with E-state index in [1.165, 1.54) is 12.1 Å². The van der Waals surface area contributed by atoms with Crippen LogP contribution in [-0.2, 0) is 19.0 Å². The summed E-state index contributed by atoms with van der Waals surface area (Å²) < 4.78 is 38.9. The van der Waals surface area contributed by atoms with Crippen LogP contribution in [0.25, 0.3) is 0 Å². The van der Waals surface area contributed by atoms with Crippen molar-refractivity contribution in [2.24, 2.45) is 0 Å². The van der Waals surface area contributed by atoms with Gasteiger partial charge in [0.05, 0.1) is 16.8 Å². The van der Waals surface area contributed by atoms with E-state index in [-0.39, 0.29) is 11.5 Å². The smallest absolute Gasteiger partial charge is 0.292 e. The molecule has 1 aliphatic carbocycles. The molecule has 0 bridgehead atoms. The number of alkyl halides is 3. The molecule has 1 heterocycles. The summed E-state index contributed by atoms with van der Waals surface area (Å²) in [6.45, 7) is 0. The fourth-order valence-corrected chi connectivity index (χ4v) is 2.77. The van der Waals surface area contributed by atoms with Gasteiger partial charge in [-0.25, -0.2) is 4.98 Å². The number of H-pyrrole nitrogens is 1. The van der Waals surface area contributed by atoms with Gasteiger partial charge in [0.1, 0.15) is 0 Å². The summed E-state index contributed by atoms with van der Waals surface area (Å²) in [4.78, 5) is 30.8. The third kappa shape index (κ3) is 3.17. The van der Waals surface area contributed by atoms with Crippen molar-refractivity contribution in [2.75, 3.05) is 5.32 Å². The Kier molecular flexibility index (Phi) is 4.13. The Bertz CT molecular complexity index is 843. The molecular formula is C16H14F3N3O2. The highest BCUT2D eigenvalue weighted by Crippen LogP contribution is 2.32. The lowest BCUT2D eigenvalue weighted by molar-refractivity contribution is -0.137. The van der Waals surface area contributed by atoms with Gasteiger partial charge >= 0.3 is 6.18 Å². The molecule has 0 saturated carbocycles. The van der Waals surface area contributed by atoms with E-state index in [0.29, 0.717) is 24.1 Å². The predicted molar refractivity (Wildman–Crippen MR) is 80.9 cm³/mol. The molecule has 2 aromatic rings. The highest BCUT2D eigenvalue weighted by molar-refractivity contribution is 6.04. The van der Waals surface area contributed by atoms with Gasteiger partial charge in [0.2, 0.25) is 5.95 Å². The number of benzene rings is 1. The molecule has 0 unspecified atom stereocenters. The van der Waals surface area contributed by atoms with Crippen LogP contribution in [0.2, 0.25) is 0 Å². The number of anilines is 1. The van der Waals surface area contributed by atoms with E-state index in [1.807, 2.05) is 0 Å². The molecule has 0 aliphatic heterocycles. The number of nitrogens with zero attached hydrogens (tertiary/aromatic N) is 1. The van der Waals surface area contributed by atoms with Gasteiger partial charge in [-0.05, 0) is 37.8 Å². The Labute approximate surface area is 134 Å². The van der Waals surface area contributed by atoms with Crippen LogP contribution >= 0.6 is 0 Å². The molecule has 0 fully saturated rings. The molecule has 1 amide bonds. The van der Waals surface area contributed by atoms with Gasteiger partial charge in [-0.2, -0.15) is 13.2 Å². The third-order valence-corrected chi connectivity index (χ3v) is 3.90. The molecular weight excluding hydrogens is 323 g/mol. The summed E-state index contributed by atoms with van der Waals surface area (Å²) in [6, 6.07) is 4.46. The maximum absolute atomic E-state index is 13.0. The monoisotopic (exact) mass is 337 g/mol. The van der Waals surface area contributed by atoms with Gasteiger partial charge in [0.25, 0.3) is 11.5 Å². The number of hydrogen-bond donors (Lipinski definition) is 2. The van der Waals surface area contributed by atoms with Crippen molar-refractivity contribution in [2.45, 2.75) is 31.9 Å². The number of carbonyl (C=O) groups excluding carboxylic acids is 1. The second kappa shape index (κ2) is 6.10. The molecule has 2 N–H and O–H groups in total. The first-order valence-corrected chi connectivity index (χ1v) is 7.46. The van der Waals surface area contributed by atoms with Crippen LogP contribution in [0.1, 0.15) is 40.0 Å². The van der Waals surface area contributed by atoms with E-state index < -0.39 is 23.2 Å². The highest BCUT2D eigenvalue weighted by Gasteiger charge is 2.35. The minimum Gasteiger partial charge on any atom is -0.292 e. The van der Waals surface area contributed by atoms with Crippen molar-refractivity contribution in [3.63, 3.8) is 0 Å². The summed E-state index contributed by atoms with van der Waals surface area (Å²) >= 11 is 0. The summed E-state index contributed by atoms with van der Waals surface area (Å²) in [5.41, 5.74) is -0.758. The van der Waals surface area contributed by atoms with Crippen LogP contribution in [0.15, 0.2) is 29.1 Å². The molecule has 0 radical (unpaired) electrons. The van der Waals surface area contributed by atoms with E-state index in [0.717, 1.165) is 25.0 Å². The zero-order valence-electron chi connectivity index (χ0n) is 12.5. The molecule has 1 aliphatic rings. The zero-order chi connectivity index (χ0) is 17.3. The van der Waals surface area contributed by atoms with E-state index in [1.54, 1.807) is 0 Å². The molecule has 1 aromatic heterocycles. The molecule has 24 heavy (non-hydrogen) atoms. The first-order valence-electron chi connectivity index (χ1n) is 7.46. The first-order chi connectivity index (χ1) is 11.4. The van der Waals surface area contributed by atoms with Crippen molar-refractivity contribution in [1.29, 1.82) is 0 Å². The number of carbonyl (C=O) groups is 1. The number of fused-ring (bicyclic) bond motifs is 1. The number of rotatable bonds is 2. The zero-order valence-corrected chi connectivity index (χ0v) is 12.5. The number of aryl methyl sites for hydroxylation is 1. The average molecular weight is 337 g/mol. The number of nitrogens with one attached hydrogen (secondary N) is 2. The minimum absolute atomic E-state index is 0.136. The van der Waals surface area contributed by atoms with E-state index in [2.05, 4.69) is 15.3 Å². The molecule has 0 atom stereocenters. The summed E-state index contributed by atoms with van der Waals surface area (Å²) in [5, 5.41) is 2.26. The van der Waals surface area contributed by atoms with Crippen LogP contribution in [0, 0.1) is 0 Å². The normalized spacial score (nSPS) is 14.1. The number of aromatic nitrogens is 2. The quantitative estimate of drug-likeness (QED) is 0.885. The molecule has 1 aromatic carbocycles. The Morgan fingerprint density at radius 2 is 1.88 bits per heavy atom. The van der Waals surface area contributed by atoms with Crippen LogP contribution in [0.5, 0.6) is 0 Å². The fourth-order valence-electron chi connectivity index (χ4n) is 2.77. The summed E-state index contributed by atoms with van der Waals surface area (Å²) in [6.07, 6.45) is -1.65. The maximum atomic E-state index is 13.0. The summed E-state index contributed by atoms with van der Waals surface area (Å²) in [5.74, 6) is -1.11. The lowest BCUT2D eigenvalue weighted by Gasteiger charge is -2.15. The highest BCUT2D eigenvalue weighted by atomic mass is 19.4. The van der Waals surface area contributed by atoms with Gasteiger partial charge < -0.3 is 0 Å². The minimum atomic E-state index is -4.65. The SMILES string of the molecule is O=C(Nc1nc2c(c(=O)[nH]1)CCCC2)c1ccccc1C(F)(F)F. The topological polar surface area (TPSA) is 74.8 Å². The Morgan fingerprint density at radius 3 is 2.62 bits per heavy atom. The first kappa shape index (κ1) is 16.2. The second-order valence-electron chi connectivity index (χ2n) is 5.54. The van der Waals surface area contributed by atoms with Crippen molar-refractivity contribution in [1.82, 2.24) is 9.97 Å². The fraction of sp³-hybridized carbons (Fsp3) is 0.312. The number of hydrogen-bond acceptors (Lipinski definition) is 3. The molecule has 8 heteroatoms. The second-order valence-corrected chi connectivity index (χ2v) is 5.54. The Hall–Kier alpha value is -2.64. The maximum Gasteiger partial charge on any atom is 0.417 e. The van der Waals surface area contributed by atoms with E-state index in [4.69, 9.17) is 0 Å². The molecule has 0 spiro atoms. The van der Waals surface area contributed by atoms with E-state index >= 15 is 0 Å². The predicted octanol–water partition coefficient (Wildman–Crippen LogP) is 2.92. The number of aromatic amines is 1. The van der Waals surface area contributed by atoms with Crippen LogP contribution < -0.4 is 10.9 Å². The lowest BCUT2D eigenvalue weighted by Crippen LogP contribution is -2.25. The lowest BCUT2D eigenvalue weighted by atomic mass is 9.97. The molecule has 3 rings (SSSR count). The molecule has 5 nitrogen and oxygen atoms in total. The van der Waals surface area contributed by atoms with Gasteiger partial charge in [0.15, 0.2) is 0 Å².